The van der Waals surface area contributed by atoms with Gasteiger partial charge in [-0.2, -0.15) is 0 Å². The first kappa shape index (κ1) is 22.4. The summed E-state index contributed by atoms with van der Waals surface area (Å²) >= 11 is 0. The monoisotopic (exact) mass is 439 g/mol. The fourth-order valence-corrected chi connectivity index (χ4v) is 4.95. The lowest BCUT2D eigenvalue weighted by atomic mass is 9.81. The Bertz CT molecular complexity index is 1120. The van der Waals surface area contributed by atoms with Gasteiger partial charge < -0.3 is 25.5 Å². The molecule has 1 aromatic heterocycles. The number of pyridine rings is 1. The average Bonchev–Trinajstić information content (AvgIpc) is 3.10. The third-order valence-electron chi connectivity index (χ3n) is 6.96. The Kier molecular flexibility index (Phi) is 5.79. The molecule has 1 atom stereocenters. The molecule has 1 aliphatic heterocycles. The molecule has 1 amide bonds. The Morgan fingerprint density at radius 1 is 1.09 bits per heavy atom. The molecule has 7 nitrogen and oxygen atoms in total. The van der Waals surface area contributed by atoms with Gasteiger partial charge in [0.05, 0.1) is 0 Å². The number of benzene rings is 1. The average molecular weight is 440 g/mol. The maximum Gasteiger partial charge on any atom is 0.253 e. The highest BCUT2D eigenvalue weighted by Crippen LogP contribution is 2.49. The molecule has 32 heavy (non-hydrogen) atoms. The molecular formula is C25H33N3O4. The summed E-state index contributed by atoms with van der Waals surface area (Å²) in [4.78, 5) is 28.1. The van der Waals surface area contributed by atoms with Crippen molar-refractivity contribution < 1.29 is 14.3 Å². The van der Waals surface area contributed by atoms with E-state index in [9.17, 15) is 9.59 Å². The minimum Gasteiger partial charge on any atom is -0.448 e. The highest BCUT2D eigenvalue weighted by molar-refractivity contribution is 5.97. The maximum atomic E-state index is 13.0. The van der Waals surface area contributed by atoms with E-state index < -0.39 is 5.79 Å². The zero-order chi connectivity index (χ0) is 23.2. The number of aromatic nitrogens is 1. The van der Waals surface area contributed by atoms with Crippen molar-refractivity contribution in [1.29, 1.82) is 0 Å². The van der Waals surface area contributed by atoms with Crippen LogP contribution in [0.4, 0.5) is 0 Å². The predicted molar refractivity (Wildman–Crippen MR) is 123 cm³/mol. The van der Waals surface area contributed by atoms with E-state index in [-0.39, 0.29) is 30.0 Å². The third kappa shape index (κ3) is 4.01. The number of hydrogen-bond acceptors (Lipinski definition) is 5. The molecule has 2 aliphatic rings. The lowest BCUT2D eigenvalue weighted by Crippen LogP contribution is -2.46. The number of nitrogens with two attached hydrogens (primary N) is 1. The quantitative estimate of drug-likeness (QED) is 0.676. The first-order valence-corrected chi connectivity index (χ1v) is 11.3. The second-order valence-electron chi connectivity index (χ2n) is 9.48. The Morgan fingerprint density at radius 3 is 2.41 bits per heavy atom. The predicted octanol–water partition coefficient (Wildman–Crippen LogP) is 3.54. The summed E-state index contributed by atoms with van der Waals surface area (Å²) in [5.74, 6) is 0.606. The van der Waals surface area contributed by atoms with E-state index in [0.717, 1.165) is 48.1 Å². The van der Waals surface area contributed by atoms with Crippen LogP contribution in [0.2, 0.25) is 0 Å². The van der Waals surface area contributed by atoms with E-state index in [2.05, 4.69) is 10.3 Å². The Labute approximate surface area is 188 Å². The van der Waals surface area contributed by atoms with Crippen molar-refractivity contribution in [3.63, 3.8) is 0 Å². The molecule has 4 rings (SSSR count). The molecule has 0 radical (unpaired) electrons. The Balaban J connectivity index is 1.55. The molecule has 4 N–H and O–H groups in total. The van der Waals surface area contributed by atoms with Crippen LogP contribution in [0.3, 0.4) is 0 Å². The van der Waals surface area contributed by atoms with Gasteiger partial charge in [-0.25, -0.2) is 0 Å². The molecule has 0 bridgehead atoms. The first-order chi connectivity index (χ1) is 15.1. The van der Waals surface area contributed by atoms with E-state index in [4.69, 9.17) is 15.2 Å². The van der Waals surface area contributed by atoms with Crippen molar-refractivity contribution in [2.45, 2.75) is 78.7 Å². The van der Waals surface area contributed by atoms with Crippen LogP contribution >= 0.6 is 0 Å². The van der Waals surface area contributed by atoms with Gasteiger partial charge in [0.25, 0.3) is 17.3 Å². The molecule has 0 spiro atoms. The molecule has 1 fully saturated rings. The minimum atomic E-state index is -0.751. The van der Waals surface area contributed by atoms with Gasteiger partial charge >= 0.3 is 0 Å². The molecule has 0 saturated heterocycles. The van der Waals surface area contributed by atoms with Crippen LogP contribution in [-0.4, -0.2) is 22.7 Å². The second kappa shape index (κ2) is 8.28. The van der Waals surface area contributed by atoms with Gasteiger partial charge in [0, 0.05) is 47.8 Å². The van der Waals surface area contributed by atoms with E-state index in [1.165, 1.54) is 0 Å². The van der Waals surface area contributed by atoms with Crippen LogP contribution in [0, 0.1) is 33.6 Å². The van der Waals surface area contributed by atoms with Crippen molar-refractivity contribution in [1.82, 2.24) is 10.3 Å². The summed E-state index contributed by atoms with van der Waals surface area (Å²) in [7, 11) is 0. The van der Waals surface area contributed by atoms with Gasteiger partial charge in [-0.05, 0) is 76.6 Å². The number of nitrogens with one attached hydrogen (secondary N) is 2. The molecule has 1 aromatic carbocycles. The number of amides is 1. The fraction of sp³-hybridized carbons (Fsp3) is 0.520. The smallest absolute Gasteiger partial charge is 0.253 e. The van der Waals surface area contributed by atoms with Crippen molar-refractivity contribution in [2.24, 2.45) is 11.7 Å². The zero-order valence-corrected chi connectivity index (χ0v) is 19.6. The van der Waals surface area contributed by atoms with Crippen molar-refractivity contribution >= 4 is 5.91 Å². The molecule has 1 saturated carbocycles. The summed E-state index contributed by atoms with van der Waals surface area (Å²) in [5.41, 5.74) is 10.2. The number of H-pyrrole nitrogens is 1. The molecule has 1 unspecified atom stereocenters. The summed E-state index contributed by atoms with van der Waals surface area (Å²) in [5, 5.41) is 2.90. The molecule has 7 heteroatoms. The largest absolute Gasteiger partial charge is 0.448 e. The summed E-state index contributed by atoms with van der Waals surface area (Å²) in [6.45, 7) is 9.66. The van der Waals surface area contributed by atoms with Crippen molar-refractivity contribution in [3.05, 3.63) is 56.0 Å². The summed E-state index contributed by atoms with van der Waals surface area (Å²) in [6.07, 6.45) is 3.85. The van der Waals surface area contributed by atoms with E-state index >= 15 is 0 Å². The molecule has 2 heterocycles. The van der Waals surface area contributed by atoms with Gasteiger partial charge in [0.2, 0.25) is 0 Å². The van der Waals surface area contributed by atoms with Gasteiger partial charge in [-0.3, -0.25) is 9.59 Å². The molecule has 2 aromatic rings. The van der Waals surface area contributed by atoms with Crippen LogP contribution < -0.4 is 26.1 Å². The first-order valence-electron chi connectivity index (χ1n) is 11.3. The number of rotatable bonds is 4. The maximum absolute atomic E-state index is 13.0. The van der Waals surface area contributed by atoms with Crippen LogP contribution in [0.15, 0.2) is 16.9 Å². The number of carbonyl (C=O) groups is 1. The Morgan fingerprint density at radius 2 is 1.75 bits per heavy atom. The van der Waals surface area contributed by atoms with Crippen LogP contribution in [0.5, 0.6) is 11.5 Å². The second-order valence-corrected chi connectivity index (χ2v) is 9.48. The lowest BCUT2D eigenvalue weighted by Gasteiger charge is -2.36. The topological polar surface area (TPSA) is 106 Å². The van der Waals surface area contributed by atoms with E-state index in [1.807, 2.05) is 46.8 Å². The fourth-order valence-electron chi connectivity index (χ4n) is 4.95. The van der Waals surface area contributed by atoms with Gasteiger partial charge in [-0.1, -0.05) is 0 Å². The SMILES string of the molecule is Cc1cc(C)c(CNC(=O)c2cc(C)c3c(c2C)OC(C)([C@H]2CC[C@H](N)CC2)O3)c(=O)[nH]1. The molecular weight excluding hydrogens is 406 g/mol. The number of hydrogen-bond donors (Lipinski definition) is 3. The lowest BCUT2D eigenvalue weighted by molar-refractivity contribution is -0.121. The van der Waals surface area contributed by atoms with Crippen LogP contribution in [0.1, 0.15) is 70.9 Å². The highest BCUT2D eigenvalue weighted by atomic mass is 16.7. The Hall–Kier alpha value is -2.80. The van der Waals surface area contributed by atoms with Crippen LogP contribution in [-0.2, 0) is 6.54 Å². The highest BCUT2D eigenvalue weighted by Gasteiger charge is 2.46. The third-order valence-corrected chi connectivity index (χ3v) is 6.96. The van der Waals surface area contributed by atoms with Gasteiger partial charge in [0.1, 0.15) is 0 Å². The number of aryl methyl sites for hydroxylation is 3. The van der Waals surface area contributed by atoms with Crippen LogP contribution in [0.25, 0.3) is 0 Å². The normalized spacial score (nSPS) is 24.4. The van der Waals surface area contributed by atoms with Crippen molar-refractivity contribution in [2.75, 3.05) is 0 Å². The van der Waals surface area contributed by atoms with E-state index in [0.29, 0.717) is 22.6 Å². The molecule has 1 aliphatic carbocycles. The molecule has 172 valence electrons. The van der Waals surface area contributed by atoms with Gasteiger partial charge in [0.15, 0.2) is 11.5 Å². The summed E-state index contributed by atoms with van der Waals surface area (Å²) < 4.78 is 12.7. The number of aromatic amines is 1. The number of ether oxygens (including phenoxy) is 2. The summed E-state index contributed by atoms with van der Waals surface area (Å²) in [6, 6.07) is 3.99. The van der Waals surface area contributed by atoms with Crippen molar-refractivity contribution in [3.8, 4) is 11.5 Å². The number of carbonyl (C=O) groups excluding carboxylic acids is 1. The number of fused-ring (bicyclic) bond motifs is 1. The van der Waals surface area contributed by atoms with Gasteiger partial charge in [-0.15, -0.1) is 0 Å². The van der Waals surface area contributed by atoms with E-state index in [1.54, 1.807) is 0 Å². The minimum absolute atomic E-state index is 0.160. The standard InChI is InChI=1S/C25H33N3O4/c1-13-10-15(3)28-24(30)20(13)12-27-23(29)19-11-14(2)21-22(16(19)4)32-25(5,31-21)17-6-8-18(26)9-7-17/h10-11,17-18H,6-9,12,26H2,1-5H3,(H,27,29)(H,28,30)/t17-,18-,25?. The zero-order valence-electron chi connectivity index (χ0n) is 19.6.